The topological polar surface area (TPSA) is 75.7 Å². The number of benzene rings is 2. The number of carbonyl (C=O) groups excluding carboxylic acids is 1. The fraction of sp³-hybridized carbons (Fsp3) is 0.350. The summed E-state index contributed by atoms with van der Waals surface area (Å²) in [6, 6.07) is 13.4. The third-order valence-corrected chi connectivity index (χ3v) is 6.68. The van der Waals surface area contributed by atoms with Gasteiger partial charge in [-0.05, 0) is 48.7 Å². The second kappa shape index (κ2) is 9.41. The van der Waals surface area contributed by atoms with Gasteiger partial charge in [-0.3, -0.25) is 4.79 Å². The van der Waals surface area contributed by atoms with Gasteiger partial charge in [-0.2, -0.15) is 4.31 Å². The van der Waals surface area contributed by atoms with E-state index in [1.807, 2.05) is 0 Å². The minimum absolute atomic E-state index is 0.123. The van der Waals surface area contributed by atoms with Crippen LogP contribution in [0.2, 0.25) is 5.02 Å². The third kappa shape index (κ3) is 5.47. The molecule has 3 rings (SSSR count). The van der Waals surface area contributed by atoms with Crippen LogP contribution in [0.5, 0.6) is 5.75 Å². The van der Waals surface area contributed by atoms with Gasteiger partial charge in [0.1, 0.15) is 5.75 Å². The molecule has 1 amide bonds. The zero-order valence-electron chi connectivity index (χ0n) is 15.4. The van der Waals surface area contributed by atoms with Gasteiger partial charge in [0.2, 0.25) is 10.0 Å². The van der Waals surface area contributed by atoms with Gasteiger partial charge in [0.25, 0.3) is 5.91 Å². The molecule has 0 radical (unpaired) electrons. The van der Waals surface area contributed by atoms with Crippen LogP contribution in [0.3, 0.4) is 0 Å². The predicted octanol–water partition coefficient (Wildman–Crippen LogP) is 3.21. The second-order valence-corrected chi connectivity index (χ2v) is 9.01. The summed E-state index contributed by atoms with van der Waals surface area (Å²) in [4.78, 5) is 12.2. The molecule has 1 N–H and O–H groups in total. The fourth-order valence-corrected chi connectivity index (χ4v) is 4.69. The van der Waals surface area contributed by atoms with Gasteiger partial charge >= 0.3 is 0 Å². The number of halogens is 1. The number of sulfonamides is 1. The highest BCUT2D eigenvalue weighted by molar-refractivity contribution is 7.89. The minimum Gasteiger partial charge on any atom is -0.484 e. The van der Waals surface area contributed by atoms with Gasteiger partial charge < -0.3 is 10.1 Å². The Hall–Kier alpha value is -2.09. The van der Waals surface area contributed by atoms with Crippen molar-refractivity contribution in [3.63, 3.8) is 0 Å². The van der Waals surface area contributed by atoms with Crippen LogP contribution in [0, 0.1) is 0 Å². The lowest BCUT2D eigenvalue weighted by molar-refractivity contribution is -0.123. The monoisotopic (exact) mass is 422 g/mol. The van der Waals surface area contributed by atoms with Crippen LogP contribution in [0.25, 0.3) is 0 Å². The molecule has 0 bridgehead atoms. The SMILES string of the molecule is O=C(COc1cccc(Cl)c1)NCc1ccc(S(=O)(=O)N2CCCCC2)cc1. The Balaban J connectivity index is 1.50. The lowest BCUT2D eigenvalue weighted by atomic mass is 10.2. The molecule has 150 valence electrons. The third-order valence-electron chi connectivity index (χ3n) is 4.53. The van der Waals surface area contributed by atoms with Crippen molar-refractivity contribution in [3.8, 4) is 5.75 Å². The van der Waals surface area contributed by atoms with Crippen molar-refractivity contribution in [2.45, 2.75) is 30.7 Å². The molecule has 0 unspecified atom stereocenters. The van der Waals surface area contributed by atoms with Crippen LogP contribution in [-0.4, -0.2) is 38.3 Å². The molecular formula is C20H23ClN2O4S. The average molecular weight is 423 g/mol. The number of hydrogen-bond acceptors (Lipinski definition) is 4. The maximum Gasteiger partial charge on any atom is 0.258 e. The smallest absolute Gasteiger partial charge is 0.258 e. The van der Waals surface area contributed by atoms with Crippen molar-refractivity contribution in [1.82, 2.24) is 9.62 Å². The van der Waals surface area contributed by atoms with Crippen LogP contribution < -0.4 is 10.1 Å². The summed E-state index contributed by atoms with van der Waals surface area (Å²) in [5.41, 5.74) is 0.814. The van der Waals surface area contributed by atoms with Gasteiger partial charge in [-0.15, -0.1) is 0 Å². The van der Waals surface area contributed by atoms with Crippen molar-refractivity contribution >= 4 is 27.5 Å². The van der Waals surface area contributed by atoms with E-state index in [1.165, 1.54) is 0 Å². The lowest BCUT2D eigenvalue weighted by Gasteiger charge is -2.25. The van der Waals surface area contributed by atoms with E-state index in [0.29, 0.717) is 30.4 Å². The maximum atomic E-state index is 12.6. The number of carbonyl (C=O) groups is 1. The van der Waals surface area contributed by atoms with Gasteiger partial charge in [0.05, 0.1) is 4.90 Å². The lowest BCUT2D eigenvalue weighted by Crippen LogP contribution is -2.35. The molecule has 2 aromatic rings. The summed E-state index contributed by atoms with van der Waals surface area (Å²) in [6.45, 7) is 1.32. The zero-order valence-corrected chi connectivity index (χ0v) is 17.0. The van der Waals surface area contributed by atoms with Crippen LogP contribution in [0.15, 0.2) is 53.4 Å². The maximum absolute atomic E-state index is 12.6. The van der Waals surface area contributed by atoms with Crippen LogP contribution in [0.4, 0.5) is 0 Å². The molecule has 6 nitrogen and oxygen atoms in total. The molecular weight excluding hydrogens is 400 g/mol. The second-order valence-electron chi connectivity index (χ2n) is 6.63. The standard InChI is InChI=1S/C20H23ClN2O4S/c21-17-5-4-6-18(13-17)27-15-20(24)22-14-16-7-9-19(10-8-16)28(25,26)23-11-2-1-3-12-23/h4-10,13H,1-3,11-12,14-15H2,(H,22,24). The number of nitrogens with zero attached hydrogens (tertiary/aromatic N) is 1. The largest absolute Gasteiger partial charge is 0.484 e. The first-order valence-corrected chi connectivity index (χ1v) is 11.0. The van der Waals surface area contributed by atoms with E-state index in [4.69, 9.17) is 16.3 Å². The van der Waals surface area contributed by atoms with Crippen molar-refractivity contribution in [2.24, 2.45) is 0 Å². The van der Waals surface area contributed by atoms with Crippen molar-refractivity contribution in [2.75, 3.05) is 19.7 Å². The first-order chi connectivity index (χ1) is 13.4. The minimum atomic E-state index is -3.44. The molecule has 0 atom stereocenters. The Labute approximate surface area is 170 Å². The van der Waals surface area contributed by atoms with Gasteiger partial charge in [0.15, 0.2) is 6.61 Å². The summed E-state index contributed by atoms with van der Waals surface area (Å²) < 4.78 is 32.2. The Morgan fingerprint density at radius 1 is 1.07 bits per heavy atom. The number of piperidine rings is 1. The van der Waals surface area contributed by atoms with Crippen LogP contribution in [0.1, 0.15) is 24.8 Å². The molecule has 0 spiro atoms. The Kier molecular flexibility index (Phi) is 6.93. The van der Waals surface area contributed by atoms with Crippen molar-refractivity contribution in [3.05, 3.63) is 59.1 Å². The molecule has 0 aromatic heterocycles. The van der Waals surface area contributed by atoms with Crippen LogP contribution >= 0.6 is 11.6 Å². The highest BCUT2D eigenvalue weighted by Crippen LogP contribution is 2.21. The summed E-state index contributed by atoms with van der Waals surface area (Å²) in [5, 5.41) is 3.29. The molecule has 1 aliphatic heterocycles. The summed E-state index contributed by atoms with van der Waals surface area (Å²) in [5.74, 6) is 0.250. The van der Waals surface area contributed by atoms with E-state index in [-0.39, 0.29) is 17.4 Å². The zero-order chi connectivity index (χ0) is 20.0. The van der Waals surface area contributed by atoms with E-state index >= 15 is 0 Å². The molecule has 1 fully saturated rings. The first kappa shape index (κ1) is 20.6. The fourth-order valence-electron chi connectivity index (χ4n) is 2.99. The predicted molar refractivity (Wildman–Crippen MR) is 108 cm³/mol. The molecule has 28 heavy (non-hydrogen) atoms. The normalized spacial score (nSPS) is 15.2. The van der Waals surface area contributed by atoms with Gasteiger partial charge in [-0.1, -0.05) is 36.2 Å². The summed E-state index contributed by atoms with van der Waals surface area (Å²) in [6.07, 6.45) is 2.88. The number of ether oxygens (including phenoxy) is 1. The first-order valence-electron chi connectivity index (χ1n) is 9.19. The number of hydrogen-bond donors (Lipinski definition) is 1. The van der Waals surface area contributed by atoms with E-state index < -0.39 is 10.0 Å². The van der Waals surface area contributed by atoms with Crippen molar-refractivity contribution < 1.29 is 17.9 Å². The molecule has 1 aliphatic rings. The van der Waals surface area contributed by atoms with Crippen LogP contribution in [-0.2, 0) is 21.4 Å². The Bertz CT molecular complexity index is 910. The molecule has 8 heteroatoms. The molecule has 2 aromatic carbocycles. The van der Waals surface area contributed by atoms with E-state index in [0.717, 1.165) is 24.8 Å². The van der Waals surface area contributed by atoms with E-state index in [9.17, 15) is 13.2 Å². The molecule has 0 aliphatic carbocycles. The van der Waals surface area contributed by atoms with E-state index in [2.05, 4.69) is 5.32 Å². The quantitative estimate of drug-likeness (QED) is 0.743. The Morgan fingerprint density at radius 3 is 2.46 bits per heavy atom. The molecule has 0 saturated carbocycles. The molecule has 1 saturated heterocycles. The van der Waals surface area contributed by atoms with E-state index in [1.54, 1.807) is 52.8 Å². The van der Waals surface area contributed by atoms with Crippen molar-refractivity contribution in [1.29, 1.82) is 0 Å². The number of rotatable bonds is 7. The number of nitrogens with one attached hydrogen (secondary N) is 1. The highest BCUT2D eigenvalue weighted by atomic mass is 35.5. The molecule has 1 heterocycles. The summed E-state index contributed by atoms with van der Waals surface area (Å²) in [7, 11) is -3.44. The Morgan fingerprint density at radius 2 is 1.79 bits per heavy atom. The van der Waals surface area contributed by atoms with Gasteiger partial charge in [0, 0.05) is 24.7 Å². The summed E-state index contributed by atoms with van der Waals surface area (Å²) >= 11 is 5.87. The average Bonchev–Trinajstić information content (AvgIpc) is 2.72. The highest BCUT2D eigenvalue weighted by Gasteiger charge is 2.25. The number of amides is 1. The van der Waals surface area contributed by atoms with Gasteiger partial charge in [-0.25, -0.2) is 8.42 Å².